The van der Waals surface area contributed by atoms with E-state index in [0.29, 0.717) is 205 Å². The smallest absolute Gasteiger partial charge is 0.161 e. The number of nitrogens with zero attached hydrogens (tertiary/aromatic N) is 2. The van der Waals surface area contributed by atoms with E-state index in [9.17, 15) is 50.4 Å². The maximum absolute atomic E-state index is 10.7. The second-order valence-electron chi connectivity index (χ2n) is 24.7. The van der Waals surface area contributed by atoms with Crippen LogP contribution in [0.15, 0.2) is 206 Å². The third-order valence-corrected chi connectivity index (χ3v) is 15.1. The summed E-state index contributed by atoms with van der Waals surface area (Å²) >= 11 is 0. The van der Waals surface area contributed by atoms with Crippen molar-refractivity contribution in [2.75, 3.05) is 173 Å². The van der Waals surface area contributed by atoms with Crippen LogP contribution in [0.3, 0.4) is 0 Å². The normalized spacial score (nSPS) is 16.1. The van der Waals surface area contributed by atoms with Gasteiger partial charge in [0.2, 0.25) is 0 Å². The molecule has 0 spiro atoms. The summed E-state index contributed by atoms with van der Waals surface area (Å²) in [5.41, 5.74) is 5.62. The van der Waals surface area contributed by atoms with Crippen LogP contribution >= 0.6 is 15.6 Å². The number of nitro groups is 2. The van der Waals surface area contributed by atoms with Crippen LogP contribution in [0.1, 0.15) is 22.3 Å². The van der Waals surface area contributed by atoms with Crippen molar-refractivity contribution < 1.29 is 147 Å². The van der Waals surface area contributed by atoms with E-state index in [1.807, 2.05) is 97.1 Å². The summed E-state index contributed by atoms with van der Waals surface area (Å²) in [6, 6.07) is 69.6. The number of halogens is 12. The fraction of sp³-hybridized carbons (Fsp3) is 0.375. The number of fused-ring (bicyclic) bond motifs is 6. The van der Waals surface area contributed by atoms with Crippen LogP contribution < -0.4 is 48.5 Å². The Morgan fingerprint density at radius 2 is 0.381 bits per heavy atom. The average molecular weight is 1730 g/mol. The fourth-order valence-electron chi connectivity index (χ4n) is 10.5. The van der Waals surface area contributed by atoms with Gasteiger partial charge >= 0.3 is 66.0 Å². The Morgan fingerprint density at radius 1 is 0.246 bits per heavy atom. The predicted octanol–water partition coefficient (Wildman–Crippen LogP) is 17.0. The van der Waals surface area contributed by atoms with Crippen molar-refractivity contribution in [3.63, 3.8) is 0 Å². The topological polar surface area (TPSA) is 267 Å². The average Bonchev–Trinajstić information content (AvgIpc) is 0.749. The van der Waals surface area contributed by atoms with Gasteiger partial charge in [0.05, 0.1) is 106 Å². The van der Waals surface area contributed by atoms with E-state index in [4.69, 9.17) is 96.0 Å². The molecule has 0 fully saturated rings. The minimum atomic E-state index is -10.7. The van der Waals surface area contributed by atoms with Gasteiger partial charge < -0.3 is 86.4 Å². The van der Waals surface area contributed by atoms with Crippen LogP contribution in [0.25, 0.3) is 21.5 Å². The van der Waals surface area contributed by atoms with Gasteiger partial charge in [-0.05, 0) is 70.1 Å². The number of para-hydroxylation sites is 8. The molecule has 11 rings (SSSR count). The van der Waals surface area contributed by atoms with Gasteiger partial charge in [0.1, 0.15) is 79.0 Å². The molecule has 0 atom stereocenters. The molecular formula is C80H100F12N4O20P2. The van der Waals surface area contributed by atoms with Crippen LogP contribution in [0.2, 0.25) is 0 Å². The Morgan fingerprint density at radius 3 is 0.542 bits per heavy atom. The van der Waals surface area contributed by atoms with Gasteiger partial charge in [0.15, 0.2) is 60.1 Å². The Hall–Kier alpha value is -9.68. The van der Waals surface area contributed by atoms with Gasteiger partial charge in [0, 0.05) is 32.1 Å². The zero-order valence-corrected chi connectivity index (χ0v) is 66.9. The van der Waals surface area contributed by atoms with E-state index in [1.54, 1.807) is 0 Å². The molecule has 9 aromatic rings. The summed E-state index contributed by atoms with van der Waals surface area (Å²) in [6.07, 6.45) is 0. The molecule has 38 heteroatoms. The molecule has 0 aliphatic carbocycles. The minimum absolute atomic E-state index is 0.425. The van der Waals surface area contributed by atoms with Gasteiger partial charge in [-0.2, -0.15) is 0 Å². The second-order valence-corrected chi connectivity index (χ2v) is 28.5. The third-order valence-electron chi connectivity index (χ3n) is 15.1. The molecule has 0 unspecified atom stereocenters. The molecule has 0 saturated carbocycles. The molecule has 118 heavy (non-hydrogen) atoms. The Labute approximate surface area is 674 Å². The third kappa shape index (κ3) is 50.8. The number of hydrogen-bond acceptors (Lipinski definition) is 20. The largest absolute Gasteiger partial charge is 0.487 e. The molecule has 24 nitrogen and oxygen atoms in total. The van der Waals surface area contributed by atoms with Gasteiger partial charge in [-0.15, -0.1) is 0 Å². The predicted molar refractivity (Wildman–Crippen MR) is 422 cm³/mol. The summed E-state index contributed by atoms with van der Waals surface area (Å²) in [5, 5.41) is 28.0. The summed E-state index contributed by atoms with van der Waals surface area (Å²) in [7, 11) is -19.5. The van der Waals surface area contributed by atoms with E-state index >= 15 is 0 Å². The SMILES string of the molecule is C[N+](=O)[O-].C[N+](=O)[O-].F[P-](F)(F)(F)(F)F.F[P-](F)(F)(F)(F)F.c1ccc(C[NH2+]Cc2c3ccccc3c(C[NH2+]Cc3ccccc3)c3ccccc23)cc1.c1ccc2c(c1)OCCOCCOCCOc1ccccc1OCCOCCOCCO2.c1ccc2c(c1)OCCOCCOCCOc1ccccc1OCCOCCOCCO2. The molecule has 9 aromatic carbocycles. The van der Waals surface area contributed by atoms with Gasteiger partial charge in [0.25, 0.3) is 0 Å². The number of rotatable bonds is 8. The molecule has 654 valence electrons. The van der Waals surface area contributed by atoms with E-state index in [2.05, 4.69) is 120 Å². The summed E-state index contributed by atoms with van der Waals surface area (Å²) in [4.78, 5) is 16.6. The quantitative estimate of drug-likeness (QED) is 0.0470. The molecule has 0 radical (unpaired) electrons. The molecular weight excluding hydrogens is 1630 g/mol. The standard InChI is InChI=1S/C30H28N2.2C24H32O8.2CH3NO2.2F6P/c1-3-11-23(12-4-1)19-31-21-29-25-15-7-9-17-27(25)30(28-18-10-8-16-26(28)29)22-32-20-24-13-5-2-6-14-24;2*1-2-6-22-21(5-1)29-17-13-25-9-10-27-15-19-31-23-7-3-4-8-24(23)32-20-16-28-12-11-26-14-18-30-22;2*1-2(3)4;2*1-7(2,3,4,5)6/h1-18,31-32H,19-22H2;2*1-8H,9-20H2;2*1H3;;/q;;;;;2*-1/p+2. The molecule has 0 saturated heterocycles. The van der Waals surface area contributed by atoms with E-state index < -0.39 is 25.5 Å². The van der Waals surface area contributed by atoms with Crippen molar-refractivity contribution >= 4 is 37.2 Å². The zero-order valence-electron chi connectivity index (χ0n) is 65.1. The molecule has 2 aliphatic heterocycles. The molecule has 2 aliphatic rings. The molecule has 0 bridgehead atoms. The van der Waals surface area contributed by atoms with Crippen LogP contribution in [-0.4, -0.2) is 183 Å². The first kappa shape index (κ1) is 98.9. The van der Waals surface area contributed by atoms with Crippen LogP contribution in [0.5, 0.6) is 46.0 Å². The first-order chi connectivity index (χ1) is 56.1. The number of quaternary nitrogens is 2. The van der Waals surface area contributed by atoms with E-state index in [1.165, 1.54) is 43.8 Å². The number of nitrogens with two attached hydrogens (primary N) is 2. The molecule has 0 amide bonds. The van der Waals surface area contributed by atoms with Crippen molar-refractivity contribution in [2.45, 2.75) is 26.2 Å². The number of benzene rings is 9. The number of hydrogen-bond donors (Lipinski definition) is 2. The Balaban J connectivity index is 0.000000279. The van der Waals surface area contributed by atoms with Gasteiger partial charge in [-0.3, -0.25) is 20.2 Å². The first-order valence-electron chi connectivity index (χ1n) is 37.0. The Kier molecular flexibility index (Phi) is 42.7. The van der Waals surface area contributed by atoms with Crippen molar-refractivity contribution in [1.29, 1.82) is 0 Å². The number of ether oxygens (including phenoxy) is 16. The van der Waals surface area contributed by atoms with Crippen molar-refractivity contribution in [3.05, 3.63) is 249 Å². The second kappa shape index (κ2) is 50.9. The summed E-state index contributed by atoms with van der Waals surface area (Å²) in [6.45, 7) is 14.9. The maximum atomic E-state index is 9.87. The van der Waals surface area contributed by atoms with Crippen molar-refractivity contribution in [1.82, 2.24) is 0 Å². The zero-order chi connectivity index (χ0) is 85.8. The van der Waals surface area contributed by atoms with Crippen LogP contribution in [0, 0.1) is 20.2 Å². The van der Waals surface area contributed by atoms with Crippen LogP contribution in [0.4, 0.5) is 50.4 Å². The monoisotopic (exact) mass is 1730 g/mol. The fourth-order valence-corrected chi connectivity index (χ4v) is 10.5. The first-order valence-corrected chi connectivity index (χ1v) is 41.1. The van der Waals surface area contributed by atoms with E-state index in [0.717, 1.165) is 40.3 Å². The van der Waals surface area contributed by atoms with Gasteiger partial charge in [-0.1, -0.05) is 158 Å². The maximum Gasteiger partial charge on any atom is 0.161 e. The Bertz CT molecular complexity index is 3720. The van der Waals surface area contributed by atoms with Crippen molar-refractivity contribution in [2.24, 2.45) is 0 Å². The van der Waals surface area contributed by atoms with Gasteiger partial charge in [-0.25, -0.2) is 0 Å². The minimum Gasteiger partial charge on any atom is -0.487 e. The van der Waals surface area contributed by atoms with E-state index in [-0.39, 0.29) is 0 Å². The van der Waals surface area contributed by atoms with Crippen molar-refractivity contribution in [3.8, 4) is 46.0 Å². The molecule has 2 heterocycles. The summed E-state index contributed by atoms with van der Waals surface area (Å²) < 4.78 is 209. The molecule has 0 aromatic heterocycles. The van der Waals surface area contributed by atoms with Crippen LogP contribution in [-0.2, 0) is 64.1 Å². The molecule has 4 N–H and O–H groups in total. The summed E-state index contributed by atoms with van der Waals surface area (Å²) in [5.74, 6) is 5.46.